The number of carbonyl (C=O) groups is 1. The lowest BCUT2D eigenvalue weighted by Gasteiger charge is -2.36. The van der Waals surface area contributed by atoms with E-state index in [1.807, 2.05) is 61.2 Å². The smallest absolute Gasteiger partial charge is 0.253 e. The van der Waals surface area contributed by atoms with Crippen molar-refractivity contribution in [3.8, 4) is 5.75 Å². The number of aryl methyl sites for hydroxylation is 1. The van der Waals surface area contributed by atoms with E-state index in [2.05, 4.69) is 21.3 Å². The first kappa shape index (κ1) is 21.7. The normalized spacial score (nSPS) is 14.0. The van der Waals surface area contributed by atoms with Gasteiger partial charge in [0.25, 0.3) is 5.91 Å². The average molecular weight is 454 g/mol. The minimum Gasteiger partial charge on any atom is -0.492 e. The SMILES string of the molecule is CCOc1ccccc1N1CCN(C(=O)c2ccc(SCc3csc(C)n3)cc2)CC1. The Kier molecular flexibility index (Phi) is 7.14. The van der Waals surface area contributed by atoms with E-state index in [4.69, 9.17) is 4.74 Å². The van der Waals surface area contributed by atoms with Crippen molar-refractivity contribution in [2.45, 2.75) is 24.5 Å². The Bertz CT molecular complexity index is 1010. The number of para-hydroxylation sites is 2. The molecule has 2 aromatic carbocycles. The second kappa shape index (κ2) is 10.2. The number of benzene rings is 2. The predicted molar refractivity (Wildman–Crippen MR) is 129 cm³/mol. The molecule has 1 aromatic heterocycles. The minimum absolute atomic E-state index is 0.101. The molecular weight excluding hydrogens is 426 g/mol. The molecule has 2 heterocycles. The highest BCUT2D eigenvalue weighted by Gasteiger charge is 2.23. The highest BCUT2D eigenvalue weighted by atomic mass is 32.2. The van der Waals surface area contributed by atoms with Crippen LogP contribution in [0.15, 0.2) is 58.8 Å². The van der Waals surface area contributed by atoms with Gasteiger partial charge in [0, 0.05) is 47.8 Å². The molecule has 7 heteroatoms. The van der Waals surface area contributed by atoms with Gasteiger partial charge in [0.05, 0.1) is 23.0 Å². The van der Waals surface area contributed by atoms with E-state index in [1.165, 1.54) is 0 Å². The van der Waals surface area contributed by atoms with Crippen molar-refractivity contribution in [2.24, 2.45) is 0 Å². The molecule has 0 radical (unpaired) electrons. The number of nitrogens with zero attached hydrogens (tertiary/aromatic N) is 3. The van der Waals surface area contributed by atoms with Crippen LogP contribution < -0.4 is 9.64 Å². The zero-order valence-electron chi connectivity index (χ0n) is 17.9. The molecule has 5 nitrogen and oxygen atoms in total. The maximum Gasteiger partial charge on any atom is 0.253 e. The molecule has 0 unspecified atom stereocenters. The topological polar surface area (TPSA) is 45.7 Å². The number of ether oxygens (including phenoxy) is 1. The number of carbonyl (C=O) groups excluding carboxylic acids is 1. The van der Waals surface area contributed by atoms with Crippen LogP contribution in [-0.2, 0) is 5.75 Å². The van der Waals surface area contributed by atoms with Crippen molar-refractivity contribution in [2.75, 3.05) is 37.7 Å². The van der Waals surface area contributed by atoms with E-state index in [1.54, 1.807) is 23.1 Å². The Morgan fingerprint density at radius 2 is 1.84 bits per heavy atom. The number of hydrogen-bond acceptors (Lipinski definition) is 6. The van der Waals surface area contributed by atoms with Crippen molar-refractivity contribution in [3.05, 3.63) is 70.2 Å². The molecule has 1 aliphatic heterocycles. The van der Waals surface area contributed by atoms with Crippen molar-refractivity contribution in [3.63, 3.8) is 0 Å². The summed E-state index contributed by atoms with van der Waals surface area (Å²) in [5, 5.41) is 3.20. The molecule has 0 atom stereocenters. The lowest BCUT2D eigenvalue weighted by Crippen LogP contribution is -2.48. The van der Waals surface area contributed by atoms with Crippen LogP contribution in [0.3, 0.4) is 0 Å². The van der Waals surface area contributed by atoms with Gasteiger partial charge < -0.3 is 14.5 Å². The van der Waals surface area contributed by atoms with Crippen molar-refractivity contribution < 1.29 is 9.53 Å². The van der Waals surface area contributed by atoms with Crippen molar-refractivity contribution in [1.29, 1.82) is 0 Å². The number of amides is 1. The lowest BCUT2D eigenvalue weighted by molar-refractivity contribution is 0.0746. The molecular formula is C24H27N3O2S2. The van der Waals surface area contributed by atoms with Crippen LogP contribution in [0, 0.1) is 6.92 Å². The number of rotatable bonds is 7. The summed E-state index contributed by atoms with van der Waals surface area (Å²) in [4.78, 5) is 22.9. The Morgan fingerprint density at radius 3 is 2.52 bits per heavy atom. The summed E-state index contributed by atoms with van der Waals surface area (Å²) in [5.41, 5.74) is 2.96. The monoisotopic (exact) mass is 453 g/mol. The summed E-state index contributed by atoms with van der Waals surface area (Å²) in [5.74, 6) is 1.86. The third-order valence-electron chi connectivity index (χ3n) is 5.23. The summed E-state index contributed by atoms with van der Waals surface area (Å²) in [6, 6.07) is 16.1. The van der Waals surface area contributed by atoms with E-state index < -0.39 is 0 Å². The highest BCUT2D eigenvalue weighted by Crippen LogP contribution is 2.29. The van der Waals surface area contributed by atoms with Gasteiger partial charge in [-0.2, -0.15) is 0 Å². The molecule has 4 rings (SSSR count). The lowest BCUT2D eigenvalue weighted by atomic mass is 10.1. The fourth-order valence-corrected chi connectivity index (χ4v) is 5.16. The standard InChI is InChI=1S/C24H27N3O2S2/c1-3-29-23-7-5-4-6-22(23)26-12-14-27(15-13-26)24(28)19-8-10-21(11-9-19)31-17-20-16-30-18(2)25-20/h4-11,16H,3,12-15,17H2,1-2H3. The Hall–Kier alpha value is -2.51. The molecule has 1 fully saturated rings. The fourth-order valence-electron chi connectivity index (χ4n) is 3.65. The van der Waals surface area contributed by atoms with Gasteiger partial charge in [-0.25, -0.2) is 4.98 Å². The summed E-state index contributed by atoms with van der Waals surface area (Å²) in [6.45, 7) is 7.69. The van der Waals surface area contributed by atoms with Crippen LogP contribution >= 0.6 is 23.1 Å². The molecule has 1 aliphatic rings. The van der Waals surface area contributed by atoms with Gasteiger partial charge in [-0.05, 0) is 50.2 Å². The van der Waals surface area contributed by atoms with Crippen LogP contribution in [0.25, 0.3) is 0 Å². The van der Waals surface area contributed by atoms with Gasteiger partial charge in [0.1, 0.15) is 5.75 Å². The molecule has 0 aliphatic carbocycles. The summed E-state index contributed by atoms with van der Waals surface area (Å²) < 4.78 is 5.77. The van der Waals surface area contributed by atoms with Gasteiger partial charge in [0.2, 0.25) is 0 Å². The zero-order valence-corrected chi connectivity index (χ0v) is 19.5. The number of anilines is 1. The van der Waals surface area contributed by atoms with E-state index in [0.717, 1.165) is 51.4 Å². The maximum absolute atomic E-state index is 13.0. The summed E-state index contributed by atoms with van der Waals surface area (Å²) in [6.07, 6.45) is 0. The van der Waals surface area contributed by atoms with Gasteiger partial charge in [-0.3, -0.25) is 4.79 Å². The molecule has 3 aromatic rings. The largest absolute Gasteiger partial charge is 0.492 e. The number of piperazine rings is 1. The Morgan fingerprint density at radius 1 is 1.10 bits per heavy atom. The Labute approximate surface area is 192 Å². The van der Waals surface area contributed by atoms with Crippen LogP contribution in [0.4, 0.5) is 5.69 Å². The van der Waals surface area contributed by atoms with E-state index >= 15 is 0 Å². The van der Waals surface area contributed by atoms with Crippen LogP contribution in [0.1, 0.15) is 28.0 Å². The summed E-state index contributed by atoms with van der Waals surface area (Å²) in [7, 11) is 0. The van der Waals surface area contributed by atoms with Crippen LogP contribution in [0.5, 0.6) is 5.75 Å². The van der Waals surface area contributed by atoms with E-state index in [9.17, 15) is 4.79 Å². The van der Waals surface area contributed by atoms with Crippen molar-refractivity contribution >= 4 is 34.7 Å². The molecule has 0 N–H and O–H groups in total. The summed E-state index contributed by atoms with van der Waals surface area (Å²) >= 11 is 3.43. The molecule has 0 saturated carbocycles. The second-order valence-corrected chi connectivity index (χ2v) is 9.46. The first-order chi connectivity index (χ1) is 15.1. The Balaban J connectivity index is 1.32. The maximum atomic E-state index is 13.0. The third kappa shape index (κ3) is 5.40. The van der Waals surface area contributed by atoms with Crippen LogP contribution in [-0.4, -0.2) is 48.6 Å². The molecule has 1 saturated heterocycles. The molecule has 31 heavy (non-hydrogen) atoms. The quantitative estimate of drug-likeness (QED) is 0.466. The van der Waals surface area contributed by atoms with Crippen LogP contribution in [0.2, 0.25) is 0 Å². The number of thioether (sulfide) groups is 1. The van der Waals surface area contributed by atoms with Gasteiger partial charge in [-0.1, -0.05) is 12.1 Å². The van der Waals surface area contributed by atoms with Gasteiger partial charge in [-0.15, -0.1) is 23.1 Å². The first-order valence-electron chi connectivity index (χ1n) is 10.5. The average Bonchev–Trinajstić information content (AvgIpc) is 3.23. The number of aromatic nitrogens is 1. The molecule has 1 amide bonds. The zero-order chi connectivity index (χ0) is 21.6. The highest BCUT2D eigenvalue weighted by molar-refractivity contribution is 7.98. The van der Waals surface area contributed by atoms with Crippen molar-refractivity contribution in [1.82, 2.24) is 9.88 Å². The van der Waals surface area contributed by atoms with Gasteiger partial charge >= 0.3 is 0 Å². The number of thiazole rings is 1. The first-order valence-corrected chi connectivity index (χ1v) is 12.4. The molecule has 162 valence electrons. The molecule has 0 spiro atoms. The fraction of sp³-hybridized carbons (Fsp3) is 0.333. The third-order valence-corrected chi connectivity index (χ3v) is 7.10. The minimum atomic E-state index is 0.101. The predicted octanol–water partition coefficient (Wildman–Crippen LogP) is 5.10. The van der Waals surface area contributed by atoms with E-state index in [-0.39, 0.29) is 5.91 Å². The molecule has 0 bridgehead atoms. The van der Waals surface area contributed by atoms with Gasteiger partial charge in [0.15, 0.2) is 0 Å². The second-order valence-electron chi connectivity index (χ2n) is 7.35. The van der Waals surface area contributed by atoms with E-state index in [0.29, 0.717) is 19.7 Å². The number of hydrogen-bond donors (Lipinski definition) is 0.